The molecular weight excluding hydrogens is 200 g/mol. The van der Waals surface area contributed by atoms with Crippen molar-refractivity contribution in [2.45, 2.75) is 6.54 Å². The van der Waals surface area contributed by atoms with Gasteiger partial charge in [-0.3, -0.25) is 0 Å². The van der Waals surface area contributed by atoms with Gasteiger partial charge in [-0.15, -0.1) is 0 Å². The van der Waals surface area contributed by atoms with E-state index in [1.165, 1.54) is 18.5 Å². The van der Waals surface area contributed by atoms with Gasteiger partial charge in [0, 0.05) is 18.8 Å². The van der Waals surface area contributed by atoms with Gasteiger partial charge in [0.1, 0.15) is 17.5 Å². The van der Waals surface area contributed by atoms with Crippen molar-refractivity contribution in [3.05, 3.63) is 47.9 Å². The van der Waals surface area contributed by atoms with E-state index in [4.69, 9.17) is 5.73 Å². The summed E-state index contributed by atoms with van der Waals surface area (Å²) in [5.41, 5.74) is 5.94. The molecule has 78 valence electrons. The summed E-state index contributed by atoms with van der Waals surface area (Å²) < 4.78 is 27.3. The number of nitrogen functional groups attached to an aromatic ring is 1. The lowest BCUT2D eigenvalue weighted by Gasteiger charge is -2.02. The third kappa shape index (κ3) is 2.31. The molecule has 0 bridgehead atoms. The lowest BCUT2D eigenvalue weighted by Crippen LogP contribution is -1.98. The van der Waals surface area contributed by atoms with Crippen LogP contribution in [0.15, 0.2) is 30.7 Å². The van der Waals surface area contributed by atoms with Crippen LogP contribution in [0.25, 0.3) is 0 Å². The third-order valence-corrected chi connectivity index (χ3v) is 1.94. The minimum absolute atomic E-state index is 0.346. The highest BCUT2D eigenvalue weighted by Crippen LogP contribution is 2.10. The summed E-state index contributed by atoms with van der Waals surface area (Å²) in [7, 11) is 0. The second-order valence-corrected chi connectivity index (χ2v) is 3.25. The molecule has 1 aromatic heterocycles. The molecule has 1 aromatic carbocycles. The quantitative estimate of drug-likeness (QED) is 0.819. The van der Waals surface area contributed by atoms with Crippen LogP contribution in [0.1, 0.15) is 5.56 Å². The number of imidazole rings is 1. The average molecular weight is 209 g/mol. The van der Waals surface area contributed by atoms with Crippen molar-refractivity contribution in [1.29, 1.82) is 0 Å². The highest BCUT2D eigenvalue weighted by Gasteiger charge is 2.01. The van der Waals surface area contributed by atoms with Crippen LogP contribution >= 0.6 is 0 Å². The van der Waals surface area contributed by atoms with Crippen molar-refractivity contribution in [3.63, 3.8) is 0 Å². The smallest absolute Gasteiger partial charge is 0.141 e. The fourth-order valence-corrected chi connectivity index (χ4v) is 1.38. The van der Waals surface area contributed by atoms with Gasteiger partial charge >= 0.3 is 0 Å². The summed E-state index contributed by atoms with van der Waals surface area (Å²) in [6.45, 7) is 0.346. The van der Waals surface area contributed by atoms with E-state index in [2.05, 4.69) is 4.98 Å². The van der Waals surface area contributed by atoms with Crippen molar-refractivity contribution >= 4 is 5.82 Å². The van der Waals surface area contributed by atoms with Crippen molar-refractivity contribution < 1.29 is 8.78 Å². The maximum Gasteiger partial charge on any atom is 0.141 e. The number of aromatic nitrogens is 2. The first-order valence-electron chi connectivity index (χ1n) is 4.36. The maximum atomic E-state index is 12.8. The molecule has 0 radical (unpaired) electrons. The summed E-state index contributed by atoms with van der Waals surface area (Å²) in [6, 6.07) is 3.39. The van der Waals surface area contributed by atoms with Crippen molar-refractivity contribution in [2.24, 2.45) is 0 Å². The molecule has 0 aliphatic rings. The van der Waals surface area contributed by atoms with Crippen molar-refractivity contribution in [2.75, 3.05) is 5.73 Å². The summed E-state index contributed by atoms with van der Waals surface area (Å²) in [5, 5.41) is 0. The van der Waals surface area contributed by atoms with Gasteiger partial charge in [-0.05, 0) is 17.7 Å². The monoisotopic (exact) mass is 209 g/mol. The van der Waals surface area contributed by atoms with E-state index in [1.54, 1.807) is 10.8 Å². The molecule has 1 heterocycles. The van der Waals surface area contributed by atoms with Crippen LogP contribution in [0.3, 0.4) is 0 Å². The Morgan fingerprint density at radius 2 is 1.87 bits per heavy atom. The Hall–Kier alpha value is -1.91. The second-order valence-electron chi connectivity index (χ2n) is 3.25. The molecule has 2 aromatic rings. The Morgan fingerprint density at radius 1 is 1.20 bits per heavy atom. The summed E-state index contributed by atoms with van der Waals surface area (Å²) in [5.74, 6) is -0.789. The van der Waals surface area contributed by atoms with E-state index < -0.39 is 11.6 Å². The van der Waals surface area contributed by atoms with Gasteiger partial charge in [0.2, 0.25) is 0 Å². The van der Waals surface area contributed by atoms with Crippen molar-refractivity contribution in [1.82, 2.24) is 9.55 Å². The fourth-order valence-electron chi connectivity index (χ4n) is 1.38. The van der Waals surface area contributed by atoms with Gasteiger partial charge in [-0.1, -0.05) is 0 Å². The molecule has 3 nitrogen and oxygen atoms in total. The van der Waals surface area contributed by atoms with Crippen LogP contribution in [0, 0.1) is 11.6 Å². The van der Waals surface area contributed by atoms with Crippen LogP contribution in [-0.4, -0.2) is 9.55 Å². The number of anilines is 1. The predicted molar refractivity (Wildman–Crippen MR) is 52.1 cm³/mol. The molecule has 2 N–H and O–H groups in total. The Balaban J connectivity index is 2.24. The van der Waals surface area contributed by atoms with Crippen LogP contribution in [0.5, 0.6) is 0 Å². The number of nitrogens with two attached hydrogens (primary N) is 1. The third-order valence-electron chi connectivity index (χ3n) is 1.94. The number of benzene rings is 1. The van der Waals surface area contributed by atoms with E-state index in [0.29, 0.717) is 17.9 Å². The normalized spacial score (nSPS) is 10.5. The van der Waals surface area contributed by atoms with E-state index in [1.807, 2.05) is 0 Å². The first-order valence-corrected chi connectivity index (χ1v) is 4.36. The predicted octanol–water partition coefficient (Wildman–Crippen LogP) is 1.79. The molecule has 0 saturated carbocycles. The topological polar surface area (TPSA) is 43.8 Å². The number of halogens is 2. The molecule has 0 spiro atoms. The highest BCUT2D eigenvalue weighted by atomic mass is 19.1. The molecule has 0 aliphatic heterocycles. The van der Waals surface area contributed by atoms with E-state index in [-0.39, 0.29) is 0 Å². The Morgan fingerprint density at radius 3 is 2.40 bits per heavy atom. The maximum absolute atomic E-state index is 12.8. The number of hydrogen-bond donors (Lipinski definition) is 1. The molecule has 0 fully saturated rings. The molecule has 0 atom stereocenters. The van der Waals surface area contributed by atoms with Crippen LogP contribution < -0.4 is 5.73 Å². The molecule has 0 unspecified atom stereocenters. The Kier molecular flexibility index (Phi) is 2.37. The van der Waals surface area contributed by atoms with Gasteiger partial charge in [-0.2, -0.15) is 0 Å². The Labute approximate surface area is 85.2 Å². The Bertz CT molecular complexity index is 459. The van der Waals surface area contributed by atoms with Gasteiger partial charge in [-0.25, -0.2) is 13.8 Å². The van der Waals surface area contributed by atoms with Gasteiger partial charge in [0.05, 0.1) is 6.33 Å². The minimum atomic E-state index is -0.585. The zero-order chi connectivity index (χ0) is 10.8. The van der Waals surface area contributed by atoms with Crippen LogP contribution in [-0.2, 0) is 6.54 Å². The number of hydrogen-bond acceptors (Lipinski definition) is 2. The number of nitrogens with zero attached hydrogens (tertiary/aromatic N) is 2. The molecule has 0 amide bonds. The summed E-state index contributed by atoms with van der Waals surface area (Å²) >= 11 is 0. The largest absolute Gasteiger partial charge is 0.382 e. The molecular formula is C10H9F2N3. The van der Waals surface area contributed by atoms with E-state index in [0.717, 1.165) is 6.07 Å². The second kappa shape index (κ2) is 3.68. The molecule has 0 saturated heterocycles. The van der Waals surface area contributed by atoms with E-state index in [9.17, 15) is 8.78 Å². The summed E-state index contributed by atoms with van der Waals surface area (Å²) in [4.78, 5) is 3.81. The lowest BCUT2D eigenvalue weighted by molar-refractivity contribution is 0.577. The first-order chi connectivity index (χ1) is 7.13. The highest BCUT2D eigenvalue weighted by molar-refractivity contribution is 5.24. The summed E-state index contributed by atoms with van der Waals surface area (Å²) in [6.07, 6.45) is 3.11. The minimum Gasteiger partial charge on any atom is -0.382 e. The fraction of sp³-hybridized carbons (Fsp3) is 0.100. The van der Waals surface area contributed by atoms with Crippen molar-refractivity contribution in [3.8, 4) is 0 Å². The zero-order valence-electron chi connectivity index (χ0n) is 7.82. The van der Waals surface area contributed by atoms with Gasteiger partial charge in [0.25, 0.3) is 0 Å². The van der Waals surface area contributed by atoms with E-state index >= 15 is 0 Å². The van der Waals surface area contributed by atoms with Crippen LogP contribution in [0.4, 0.5) is 14.6 Å². The molecule has 2 rings (SSSR count). The number of rotatable bonds is 2. The molecule has 0 aliphatic carbocycles. The molecule has 15 heavy (non-hydrogen) atoms. The first kappa shape index (κ1) is 9.64. The average Bonchev–Trinajstić information content (AvgIpc) is 2.49. The molecule has 5 heteroatoms. The van der Waals surface area contributed by atoms with Gasteiger partial charge < -0.3 is 10.3 Å². The van der Waals surface area contributed by atoms with Crippen LogP contribution in [0.2, 0.25) is 0 Å². The van der Waals surface area contributed by atoms with Gasteiger partial charge in [0.15, 0.2) is 0 Å². The standard InChI is InChI=1S/C10H9F2N3/c11-8-1-7(2-9(12)3-8)4-15-5-10(13)14-6-15/h1-3,5-6H,4,13H2. The zero-order valence-corrected chi connectivity index (χ0v) is 7.82. The lowest BCUT2D eigenvalue weighted by atomic mass is 10.2. The SMILES string of the molecule is Nc1cn(Cc2cc(F)cc(F)c2)cn1.